The number of rotatable bonds is 9. The highest BCUT2D eigenvalue weighted by Crippen LogP contribution is 2.32. The largest absolute Gasteiger partial charge is 0.481 e. The van der Waals surface area contributed by atoms with Gasteiger partial charge in [-0.25, -0.2) is 9.78 Å². The van der Waals surface area contributed by atoms with Gasteiger partial charge in [0.2, 0.25) is 0 Å². The molecule has 0 saturated carbocycles. The number of carboxylic acids is 1. The van der Waals surface area contributed by atoms with Gasteiger partial charge in [0.05, 0.1) is 22.7 Å². The van der Waals surface area contributed by atoms with Gasteiger partial charge in [0.1, 0.15) is 0 Å². The van der Waals surface area contributed by atoms with Crippen molar-refractivity contribution in [2.45, 2.75) is 64.3 Å². The van der Waals surface area contributed by atoms with Crippen molar-refractivity contribution in [1.29, 1.82) is 0 Å². The lowest BCUT2D eigenvalue weighted by molar-refractivity contribution is -0.136. The highest BCUT2D eigenvalue weighted by molar-refractivity contribution is 7.22. The first-order chi connectivity index (χ1) is 21.1. The molecule has 0 radical (unpaired) electrons. The van der Waals surface area contributed by atoms with E-state index in [0.717, 1.165) is 34.2 Å². The van der Waals surface area contributed by atoms with E-state index in [1.165, 1.54) is 40.9 Å². The summed E-state index contributed by atoms with van der Waals surface area (Å²) in [6, 6.07) is 20.6. The van der Waals surface area contributed by atoms with Crippen LogP contribution in [-0.2, 0) is 10.2 Å². The summed E-state index contributed by atoms with van der Waals surface area (Å²) in [5.74, 6) is -1.32. The highest BCUT2D eigenvalue weighted by atomic mass is 32.1. The first-order valence-corrected chi connectivity index (χ1v) is 15.8. The molecule has 1 heterocycles. The fraction of sp³-hybridized carbons (Fsp3) is 0.314. The van der Waals surface area contributed by atoms with E-state index in [9.17, 15) is 14.4 Å². The number of benzene rings is 3. The molecule has 44 heavy (non-hydrogen) atoms. The lowest BCUT2D eigenvalue weighted by Gasteiger charge is -2.21. The SMILES string of the molecule is CC(C)(C)c1ccc2sc(NC(=O)NC(c3ccc(C(=O)NCCC(=O)O)cc3)c3ccc(C4=CCCCC4)cc3)nc2c1. The quantitative estimate of drug-likeness (QED) is 0.155. The van der Waals surface area contributed by atoms with Crippen LogP contribution in [0, 0.1) is 0 Å². The summed E-state index contributed by atoms with van der Waals surface area (Å²) in [6.07, 6.45) is 6.74. The Balaban J connectivity index is 1.36. The van der Waals surface area contributed by atoms with Gasteiger partial charge < -0.3 is 15.7 Å². The maximum absolute atomic E-state index is 13.4. The summed E-state index contributed by atoms with van der Waals surface area (Å²) in [4.78, 5) is 41.3. The van der Waals surface area contributed by atoms with Gasteiger partial charge in [0.15, 0.2) is 5.13 Å². The Morgan fingerprint density at radius 3 is 2.30 bits per heavy atom. The number of aromatic nitrogens is 1. The number of nitrogens with zero attached hydrogens (tertiary/aromatic N) is 1. The van der Waals surface area contributed by atoms with Crippen molar-refractivity contribution in [3.8, 4) is 0 Å². The number of fused-ring (bicyclic) bond motifs is 1. The molecule has 3 aromatic carbocycles. The first-order valence-electron chi connectivity index (χ1n) is 14.9. The van der Waals surface area contributed by atoms with Gasteiger partial charge in [-0.3, -0.25) is 14.9 Å². The molecule has 0 bridgehead atoms. The highest BCUT2D eigenvalue weighted by Gasteiger charge is 2.20. The molecule has 228 valence electrons. The van der Waals surface area contributed by atoms with E-state index < -0.39 is 12.0 Å². The smallest absolute Gasteiger partial charge is 0.321 e. The van der Waals surface area contributed by atoms with Crippen LogP contribution >= 0.6 is 11.3 Å². The molecule has 4 N–H and O–H groups in total. The summed E-state index contributed by atoms with van der Waals surface area (Å²) in [5, 5.41) is 18.0. The Bertz CT molecular complexity index is 1680. The van der Waals surface area contributed by atoms with E-state index >= 15 is 0 Å². The van der Waals surface area contributed by atoms with Gasteiger partial charge in [-0.1, -0.05) is 80.6 Å². The van der Waals surface area contributed by atoms with Crippen LogP contribution in [0.1, 0.15) is 91.5 Å². The molecule has 1 aliphatic rings. The fourth-order valence-corrected chi connectivity index (χ4v) is 6.11. The number of aliphatic carboxylic acids is 1. The van der Waals surface area contributed by atoms with E-state index in [1.54, 1.807) is 24.3 Å². The third-order valence-electron chi connectivity index (χ3n) is 7.79. The van der Waals surface area contributed by atoms with Crippen LogP contribution in [0.2, 0.25) is 0 Å². The average molecular weight is 611 g/mol. The molecular weight excluding hydrogens is 572 g/mol. The summed E-state index contributed by atoms with van der Waals surface area (Å²) < 4.78 is 0.995. The third-order valence-corrected chi connectivity index (χ3v) is 8.74. The molecule has 1 aromatic heterocycles. The number of thiazole rings is 1. The van der Waals surface area contributed by atoms with Crippen LogP contribution < -0.4 is 16.0 Å². The van der Waals surface area contributed by atoms with Gasteiger partial charge in [0, 0.05) is 12.1 Å². The van der Waals surface area contributed by atoms with E-state index in [-0.39, 0.29) is 30.3 Å². The van der Waals surface area contributed by atoms with Crippen molar-refractivity contribution in [1.82, 2.24) is 15.6 Å². The minimum atomic E-state index is -0.973. The molecule has 5 rings (SSSR count). The van der Waals surface area contributed by atoms with Crippen molar-refractivity contribution in [2.75, 3.05) is 11.9 Å². The van der Waals surface area contributed by atoms with Crippen LogP contribution in [0.25, 0.3) is 15.8 Å². The number of carbonyl (C=O) groups is 3. The van der Waals surface area contributed by atoms with E-state index in [4.69, 9.17) is 5.11 Å². The predicted molar refractivity (Wildman–Crippen MR) is 176 cm³/mol. The number of carbonyl (C=O) groups excluding carboxylic acids is 2. The molecule has 8 nitrogen and oxygen atoms in total. The number of hydrogen-bond acceptors (Lipinski definition) is 5. The average Bonchev–Trinajstić information content (AvgIpc) is 3.41. The zero-order valence-corrected chi connectivity index (χ0v) is 26.1. The van der Waals surface area contributed by atoms with E-state index in [2.05, 4.69) is 72.0 Å². The second-order valence-electron chi connectivity index (χ2n) is 12.1. The zero-order chi connectivity index (χ0) is 31.3. The molecule has 0 saturated heterocycles. The number of anilines is 1. The number of amides is 3. The molecular formula is C35H38N4O4S. The van der Waals surface area contributed by atoms with Crippen LogP contribution in [0.15, 0.2) is 72.8 Å². The van der Waals surface area contributed by atoms with E-state index in [1.807, 2.05) is 18.2 Å². The molecule has 0 spiro atoms. The third kappa shape index (κ3) is 7.71. The predicted octanol–water partition coefficient (Wildman–Crippen LogP) is 7.67. The number of nitrogens with one attached hydrogen (secondary N) is 3. The zero-order valence-electron chi connectivity index (χ0n) is 25.3. The molecule has 1 unspecified atom stereocenters. The molecule has 0 fully saturated rings. The Morgan fingerprint density at radius 1 is 0.955 bits per heavy atom. The topological polar surface area (TPSA) is 120 Å². The van der Waals surface area contributed by atoms with Gasteiger partial charge in [-0.05, 0) is 83.2 Å². The molecule has 3 amide bonds. The molecule has 0 aliphatic heterocycles. The summed E-state index contributed by atoms with van der Waals surface area (Å²) in [5.41, 5.74) is 6.67. The van der Waals surface area contributed by atoms with Crippen molar-refractivity contribution >= 4 is 50.2 Å². The second kappa shape index (κ2) is 13.4. The summed E-state index contributed by atoms with van der Waals surface area (Å²) in [7, 11) is 0. The van der Waals surface area contributed by atoms with Crippen molar-refractivity contribution < 1.29 is 19.5 Å². The van der Waals surface area contributed by atoms with E-state index in [0.29, 0.717) is 10.7 Å². The maximum Gasteiger partial charge on any atom is 0.321 e. The Hall–Kier alpha value is -4.50. The van der Waals surface area contributed by atoms with Gasteiger partial charge in [0.25, 0.3) is 5.91 Å². The lowest BCUT2D eigenvalue weighted by Crippen LogP contribution is -2.33. The Kier molecular flexibility index (Phi) is 9.44. The van der Waals surface area contributed by atoms with Crippen LogP contribution in [0.5, 0.6) is 0 Å². The van der Waals surface area contributed by atoms with Crippen LogP contribution in [0.4, 0.5) is 9.93 Å². The lowest BCUT2D eigenvalue weighted by atomic mass is 9.87. The van der Waals surface area contributed by atoms with Crippen molar-refractivity contribution in [2.24, 2.45) is 0 Å². The minimum Gasteiger partial charge on any atom is -0.481 e. The standard InChI is InChI=1S/C35H38N4O4S/c1-35(2,3)27-17-18-29-28(21-27)37-34(44-29)39-33(43)38-31(24-11-9-23(10-12-24)22-7-5-4-6-8-22)25-13-15-26(16-14-25)32(42)36-20-19-30(40)41/h7,9-18,21,31H,4-6,8,19-20H2,1-3H3,(H,36,42)(H,40,41)(H2,37,38,39,43). The molecule has 1 aliphatic carbocycles. The minimum absolute atomic E-state index is 0.00619. The second-order valence-corrected chi connectivity index (χ2v) is 13.1. The first kappa shape index (κ1) is 30.9. The Morgan fingerprint density at radius 2 is 1.66 bits per heavy atom. The summed E-state index contributed by atoms with van der Waals surface area (Å²) in [6.45, 7) is 6.52. The number of allylic oxidation sites excluding steroid dienone is 2. The molecule has 9 heteroatoms. The van der Waals surface area contributed by atoms with Gasteiger partial charge in [-0.15, -0.1) is 0 Å². The normalized spacial score (nSPS) is 14.0. The van der Waals surface area contributed by atoms with Crippen molar-refractivity contribution in [3.05, 3.63) is 101 Å². The number of urea groups is 1. The Labute approximate surface area is 261 Å². The monoisotopic (exact) mass is 610 g/mol. The van der Waals surface area contributed by atoms with Gasteiger partial charge in [-0.2, -0.15) is 0 Å². The van der Waals surface area contributed by atoms with Gasteiger partial charge >= 0.3 is 12.0 Å². The maximum atomic E-state index is 13.4. The fourth-order valence-electron chi connectivity index (χ4n) is 5.27. The number of carboxylic acid groups (broad SMARTS) is 1. The molecule has 1 atom stereocenters. The van der Waals surface area contributed by atoms with Crippen LogP contribution in [0.3, 0.4) is 0 Å². The van der Waals surface area contributed by atoms with Crippen molar-refractivity contribution in [3.63, 3.8) is 0 Å². The molecule has 4 aromatic rings. The number of hydrogen-bond donors (Lipinski definition) is 4. The van der Waals surface area contributed by atoms with Crippen LogP contribution in [-0.4, -0.2) is 34.5 Å². The summed E-state index contributed by atoms with van der Waals surface area (Å²) >= 11 is 1.42.